The average Bonchev–Trinajstić information content (AvgIpc) is 3.13. The summed E-state index contributed by atoms with van der Waals surface area (Å²) in [6.45, 7) is 0. The summed E-state index contributed by atoms with van der Waals surface area (Å²) in [7, 11) is 0. The van der Waals surface area contributed by atoms with Gasteiger partial charge in [-0.25, -0.2) is 19.6 Å². The standard InChI is InChI=1S/C20H14Cl2N6O4/c21-10-1-4-13(22)15(7-10)27-19(29)24-11-2-6-17(23-9-11)32-12-3-5-14-16(8-12)26-18(25-14)28-20(30)31/h1-9H,(H,30,31)(H2,24,27,29)(H2,25,26,28). The normalized spacial score (nSPS) is 10.6. The fourth-order valence-corrected chi connectivity index (χ4v) is 3.06. The van der Waals surface area contributed by atoms with E-state index < -0.39 is 12.1 Å². The number of nitrogens with zero attached hydrogens (tertiary/aromatic N) is 2. The van der Waals surface area contributed by atoms with Crippen molar-refractivity contribution in [1.29, 1.82) is 0 Å². The van der Waals surface area contributed by atoms with E-state index in [2.05, 4.69) is 30.9 Å². The van der Waals surface area contributed by atoms with Crippen LogP contribution in [0, 0.1) is 0 Å². The third kappa shape index (κ3) is 5.17. The molecule has 162 valence electrons. The molecule has 10 nitrogen and oxygen atoms in total. The van der Waals surface area contributed by atoms with Crippen molar-refractivity contribution in [3.8, 4) is 11.6 Å². The van der Waals surface area contributed by atoms with E-state index in [9.17, 15) is 9.59 Å². The highest BCUT2D eigenvalue weighted by Gasteiger charge is 2.09. The number of aromatic nitrogens is 3. The van der Waals surface area contributed by atoms with Crippen molar-refractivity contribution < 1.29 is 19.4 Å². The first-order chi connectivity index (χ1) is 15.4. The zero-order valence-corrected chi connectivity index (χ0v) is 17.5. The lowest BCUT2D eigenvalue weighted by molar-refractivity contribution is 0.209. The molecule has 0 saturated carbocycles. The number of nitrogens with one attached hydrogen (secondary N) is 4. The molecule has 2 aromatic carbocycles. The Balaban J connectivity index is 1.39. The predicted octanol–water partition coefficient (Wildman–Crippen LogP) is 5.79. The number of amides is 3. The van der Waals surface area contributed by atoms with E-state index in [1.165, 1.54) is 12.3 Å². The highest BCUT2D eigenvalue weighted by Crippen LogP contribution is 2.27. The van der Waals surface area contributed by atoms with Gasteiger partial charge in [0.2, 0.25) is 11.8 Å². The number of carbonyl (C=O) groups excluding carboxylic acids is 1. The minimum Gasteiger partial charge on any atom is -0.465 e. The summed E-state index contributed by atoms with van der Waals surface area (Å²) in [5.74, 6) is 0.858. The van der Waals surface area contributed by atoms with Gasteiger partial charge in [-0.1, -0.05) is 23.2 Å². The number of halogens is 2. The molecular formula is C20H14Cl2N6O4. The first-order valence-corrected chi connectivity index (χ1v) is 9.78. The van der Waals surface area contributed by atoms with Gasteiger partial charge >= 0.3 is 12.1 Å². The number of hydrogen-bond donors (Lipinski definition) is 5. The molecule has 0 atom stereocenters. The lowest BCUT2D eigenvalue weighted by atomic mass is 10.3. The van der Waals surface area contributed by atoms with Gasteiger partial charge in [0.1, 0.15) is 5.75 Å². The number of anilines is 3. The molecule has 0 unspecified atom stereocenters. The predicted molar refractivity (Wildman–Crippen MR) is 121 cm³/mol. The largest absolute Gasteiger partial charge is 0.465 e. The summed E-state index contributed by atoms with van der Waals surface area (Å²) in [6, 6.07) is 12.4. The summed E-state index contributed by atoms with van der Waals surface area (Å²) >= 11 is 11.9. The maximum atomic E-state index is 12.2. The quantitative estimate of drug-likeness (QED) is 0.248. The molecular weight excluding hydrogens is 459 g/mol. The first kappa shape index (κ1) is 21.2. The third-order valence-electron chi connectivity index (χ3n) is 4.07. The third-order valence-corrected chi connectivity index (χ3v) is 4.64. The van der Waals surface area contributed by atoms with Crippen LogP contribution < -0.4 is 20.7 Å². The van der Waals surface area contributed by atoms with Gasteiger partial charge in [0, 0.05) is 17.2 Å². The number of rotatable bonds is 5. The second-order valence-electron chi connectivity index (χ2n) is 6.38. The Morgan fingerprint density at radius 1 is 1.00 bits per heavy atom. The minimum absolute atomic E-state index is 0.107. The van der Waals surface area contributed by atoms with Gasteiger partial charge < -0.3 is 25.5 Å². The Morgan fingerprint density at radius 3 is 2.59 bits per heavy atom. The molecule has 12 heteroatoms. The Kier molecular flexibility index (Phi) is 5.97. The van der Waals surface area contributed by atoms with E-state index in [1.54, 1.807) is 42.5 Å². The van der Waals surface area contributed by atoms with Crippen LogP contribution in [0.25, 0.3) is 11.0 Å². The molecule has 0 aliphatic carbocycles. The Bertz CT molecular complexity index is 1310. The smallest absolute Gasteiger partial charge is 0.411 e. The molecule has 4 rings (SSSR count). The molecule has 0 saturated heterocycles. The summed E-state index contributed by atoms with van der Waals surface area (Å²) in [5.41, 5.74) is 1.96. The molecule has 0 bridgehead atoms. The van der Waals surface area contributed by atoms with Gasteiger partial charge in [0.05, 0.1) is 33.6 Å². The van der Waals surface area contributed by atoms with E-state index in [0.29, 0.717) is 38.2 Å². The number of aromatic amines is 1. The lowest BCUT2D eigenvalue weighted by Crippen LogP contribution is -2.19. The van der Waals surface area contributed by atoms with E-state index in [0.717, 1.165) is 0 Å². The van der Waals surface area contributed by atoms with Crippen LogP contribution in [0.15, 0.2) is 54.7 Å². The van der Waals surface area contributed by atoms with Gasteiger partial charge in [-0.2, -0.15) is 0 Å². The fraction of sp³-hybridized carbons (Fsp3) is 0. The highest BCUT2D eigenvalue weighted by atomic mass is 35.5. The van der Waals surface area contributed by atoms with E-state index in [1.807, 2.05) is 0 Å². The van der Waals surface area contributed by atoms with E-state index in [4.69, 9.17) is 33.0 Å². The molecule has 5 N–H and O–H groups in total. The Labute approximate surface area is 190 Å². The number of carbonyl (C=O) groups is 2. The summed E-state index contributed by atoms with van der Waals surface area (Å²) in [5, 5.41) is 17.0. The van der Waals surface area contributed by atoms with Gasteiger partial charge in [0.25, 0.3) is 0 Å². The van der Waals surface area contributed by atoms with Crippen molar-refractivity contribution in [3.05, 3.63) is 64.8 Å². The number of carboxylic acid groups (broad SMARTS) is 1. The molecule has 0 radical (unpaired) electrons. The van der Waals surface area contributed by atoms with Crippen molar-refractivity contribution in [2.24, 2.45) is 0 Å². The number of ether oxygens (including phenoxy) is 1. The van der Waals surface area contributed by atoms with Crippen molar-refractivity contribution in [2.75, 3.05) is 16.0 Å². The number of imidazole rings is 1. The van der Waals surface area contributed by atoms with Crippen LogP contribution in [0.2, 0.25) is 10.0 Å². The van der Waals surface area contributed by atoms with Crippen molar-refractivity contribution in [3.63, 3.8) is 0 Å². The summed E-state index contributed by atoms with van der Waals surface area (Å²) < 4.78 is 5.71. The molecule has 3 amide bonds. The average molecular weight is 473 g/mol. The van der Waals surface area contributed by atoms with E-state index in [-0.39, 0.29) is 11.8 Å². The maximum absolute atomic E-state index is 12.2. The number of benzene rings is 2. The van der Waals surface area contributed by atoms with Crippen LogP contribution in [-0.2, 0) is 0 Å². The number of pyridine rings is 1. The van der Waals surface area contributed by atoms with E-state index >= 15 is 0 Å². The topological polar surface area (TPSA) is 141 Å². The molecule has 2 heterocycles. The minimum atomic E-state index is -1.22. The number of urea groups is 1. The van der Waals surface area contributed by atoms with Crippen LogP contribution in [0.4, 0.5) is 26.9 Å². The monoisotopic (exact) mass is 472 g/mol. The van der Waals surface area contributed by atoms with Gasteiger partial charge in [0.15, 0.2) is 0 Å². The van der Waals surface area contributed by atoms with Crippen LogP contribution >= 0.6 is 23.2 Å². The van der Waals surface area contributed by atoms with Crippen molar-refractivity contribution in [1.82, 2.24) is 15.0 Å². The molecule has 0 fully saturated rings. The molecule has 0 aliphatic rings. The fourth-order valence-electron chi connectivity index (χ4n) is 2.73. The number of hydrogen-bond acceptors (Lipinski definition) is 5. The van der Waals surface area contributed by atoms with Crippen LogP contribution in [-0.4, -0.2) is 32.2 Å². The van der Waals surface area contributed by atoms with Crippen molar-refractivity contribution >= 4 is 63.7 Å². The van der Waals surface area contributed by atoms with Crippen LogP contribution in [0.1, 0.15) is 0 Å². The van der Waals surface area contributed by atoms with Crippen LogP contribution in [0.3, 0.4) is 0 Å². The lowest BCUT2D eigenvalue weighted by Gasteiger charge is -2.10. The number of H-pyrrole nitrogens is 1. The molecule has 0 aliphatic heterocycles. The molecule has 2 aromatic heterocycles. The zero-order valence-electron chi connectivity index (χ0n) is 16.0. The van der Waals surface area contributed by atoms with Crippen molar-refractivity contribution in [2.45, 2.75) is 0 Å². The summed E-state index contributed by atoms with van der Waals surface area (Å²) in [4.78, 5) is 34.0. The van der Waals surface area contributed by atoms with Gasteiger partial charge in [-0.05, 0) is 36.4 Å². The Morgan fingerprint density at radius 2 is 1.84 bits per heavy atom. The highest BCUT2D eigenvalue weighted by molar-refractivity contribution is 6.35. The molecule has 32 heavy (non-hydrogen) atoms. The van der Waals surface area contributed by atoms with Gasteiger partial charge in [-0.3, -0.25) is 5.32 Å². The molecule has 4 aromatic rings. The second kappa shape index (κ2) is 9.00. The van der Waals surface area contributed by atoms with Gasteiger partial charge in [-0.15, -0.1) is 0 Å². The van der Waals surface area contributed by atoms with Crippen LogP contribution in [0.5, 0.6) is 11.6 Å². The zero-order chi connectivity index (χ0) is 22.7. The summed E-state index contributed by atoms with van der Waals surface area (Å²) in [6.07, 6.45) is 0.209. The number of fused-ring (bicyclic) bond motifs is 1. The first-order valence-electron chi connectivity index (χ1n) is 9.02. The Hall–Kier alpha value is -4.02. The molecule has 0 spiro atoms. The SMILES string of the molecule is O=C(O)Nc1nc2ccc(Oc3ccc(NC(=O)Nc4cc(Cl)ccc4Cl)cn3)cc2[nH]1. The second-order valence-corrected chi connectivity index (χ2v) is 7.23. The maximum Gasteiger partial charge on any atom is 0.411 e.